The molecule has 152 valence electrons. The summed E-state index contributed by atoms with van der Waals surface area (Å²) in [5.41, 5.74) is 1.30. The molecule has 0 saturated carbocycles. The number of nitrogens with one attached hydrogen (secondary N) is 1. The Morgan fingerprint density at radius 2 is 1.39 bits per heavy atom. The number of H-pyrrole nitrogens is 1. The number of rotatable bonds is 5. The molecule has 0 bridgehead atoms. The standard InChI is InChI=1S/C24H16N2O5/c27-22-20(24(30)31-18-13-11-17(12-14-18)23(28)29)19(15-7-3-1-4-8-15)21(25-26-22)16-9-5-2-6-10-16/h1-14H,(H,26,27)(H,28,29). The summed E-state index contributed by atoms with van der Waals surface area (Å²) in [5, 5.41) is 15.6. The van der Waals surface area contributed by atoms with Gasteiger partial charge in [0.1, 0.15) is 11.3 Å². The molecule has 0 amide bonds. The van der Waals surface area contributed by atoms with E-state index in [0.29, 0.717) is 16.8 Å². The third-order valence-corrected chi connectivity index (χ3v) is 4.61. The van der Waals surface area contributed by atoms with E-state index in [1.807, 2.05) is 36.4 Å². The monoisotopic (exact) mass is 412 g/mol. The number of aromatic amines is 1. The summed E-state index contributed by atoms with van der Waals surface area (Å²) in [6.07, 6.45) is 0. The average Bonchev–Trinajstić information content (AvgIpc) is 2.80. The molecular weight excluding hydrogens is 396 g/mol. The number of nitrogens with zero attached hydrogens (tertiary/aromatic N) is 1. The van der Waals surface area contributed by atoms with Crippen LogP contribution >= 0.6 is 0 Å². The molecule has 0 aliphatic heterocycles. The molecular formula is C24H16N2O5. The first-order valence-electron chi connectivity index (χ1n) is 9.33. The lowest BCUT2D eigenvalue weighted by atomic mass is 9.95. The quantitative estimate of drug-likeness (QED) is 0.378. The summed E-state index contributed by atoms with van der Waals surface area (Å²) < 4.78 is 5.39. The number of benzene rings is 3. The van der Waals surface area contributed by atoms with Crippen molar-refractivity contribution in [1.29, 1.82) is 0 Å². The molecule has 31 heavy (non-hydrogen) atoms. The van der Waals surface area contributed by atoms with Crippen LogP contribution in [0, 0.1) is 0 Å². The average molecular weight is 412 g/mol. The van der Waals surface area contributed by atoms with Crippen LogP contribution in [0.15, 0.2) is 89.7 Å². The minimum absolute atomic E-state index is 0.0536. The summed E-state index contributed by atoms with van der Waals surface area (Å²) in [7, 11) is 0. The van der Waals surface area contributed by atoms with Crippen molar-refractivity contribution in [2.45, 2.75) is 0 Å². The second kappa shape index (κ2) is 8.46. The van der Waals surface area contributed by atoms with Crippen molar-refractivity contribution >= 4 is 11.9 Å². The second-order valence-corrected chi connectivity index (χ2v) is 6.60. The van der Waals surface area contributed by atoms with E-state index >= 15 is 0 Å². The molecule has 4 rings (SSSR count). The van der Waals surface area contributed by atoms with Gasteiger partial charge in [-0.3, -0.25) is 4.79 Å². The largest absolute Gasteiger partial charge is 0.478 e. The summed E-state index contributed by atoms with van der Waals surface area (Å²) in [4.78, 5) is 36.7. The molecule has 0 saturated heterocycles. The Bertz CT molecular complexity index is 1300. The lowest BCUT2D eigenvalue weighted by Gasteiger charge is -2.13. The topological polar surface area (TPSA) is 109 Å². The highest BCUT2D eigenvalue weighted by Crippen LogP contribution is 2.32. The zero-order valence-corrected chi connectivity index (χ0v) is 16.1. The summed E-state index contributed by atoms with van der Waals surface area (Å²) in [5.74, 6) is -1.85. The number of carboxylic acid groups (broad SMARTS) is 1. The molecule has 0 aliphatic rings. The number of carboxylic acids is 1. The fourth-order valence-electron chi connectivity index (χ4n) is 3.16. The number of carbonyl (C=O) groups is 2. The van der Waals surface area contributed by atoms with E-state index in [4.69, 9.17) is 9.84 Å². The molecule has 0 atom stereocenters. The minimum Gasteiger partial charge on any atom is -0.478 e. The lowest BCUT2D eigenvalue weighted by molar-refractivity contribution is 0.0696. The van der Waals surface area contributed by atoms with Crippen LogP contribution in [0.4, 0.5) is 0 Å². The molecule has 0 spiro atoms. The Hall–Kier alpha value is -4.52. The van der Waals surface area contributed by atoms with Crippen LogP contribution in [0.3, 0.4) is 0 Å². The van der Waals surface area contributed by atoms with Crippen molar-refractivity contribution in [3.63, 3.8) is 0 Å². The Morgan fingerprint density at radius 3 is 1.97 bits per heavy atom. The Labute approximate surface area is 176 Å². The molecule has 7 heteroatoms. The molecule has 7 nitrogen and oxygen atoms in total. The molecule has 3 aromatic carbocycles. The zero-order valence-electron chi connectivity index (χ0n) is 16.1. The SMILES string of the molecule is O=C(O)c1ccc(OC(=O)c2c(-c3ccccc3)c(-c3ccccc3)n[nH]c2=O)cc1. The van der Waals surface area contributed by atoms with E-state index in [2.05, 4.69) is 10.2 Å². The first kappa shape index (κ1) is 19.8. The fraction of sp³-hybridized carbons (Fsp3) is 0. The van der Waals surface area contributed by atoms with Gasteiger partial charge in [-0.2, -0.15) is 5.10 Å². The first-order valence-corrected chi connectivity index (χ1v) is 9.33. The van der Waals surface area contributed by atoms with Crippen LogP contribution in [0.25, 0.3) is 22.4 Å². The van der Waals surface area contributed by atoms with Crippen molar-refractivity contribution in [1.82, 2.24) is 10.2 Å². The number of carbonyl (C=O) groups excluding carboxylic acids is 1. The van der Waals surface area contributed by atoms with Gasteiger partial charge < -0.3 is 9.84 Å². The van der Waals surface area contributed by atoms with E-state index in [1.54, 1.807) is 24.3 Å². The van der Waals surface area contributed by atoms with E-state index in [1.165, 1.54) is 24.3 Å². The van der Waals surface area contributed by atoms with Crippen molar-refractivity contribution in [2.75, 3.05) is 0 Å². The van der Waals surface area contributed by atoms with E-state index < -0.39 is 17.5 Å². The van der Waals surface area contributed by atoms with Crippen LogP contribution in [-0.4, -0.2) is 27.2 Å². The van der Waals surface area contributed by atoms with Crippen LogP contribution < -0.4 is 10.3 Å². The Morgan fingerprint density at radius 1 is 0.806 bits per heavy atom. The maximum Gasteiger partial charge on any atom is 0.349 e. The highest BCUT2D eigenvalue weighted by atomic mass is 16.5. The smallest absolute Gasteiger partial charge is 0.349 e. The first-order chi connectivity index (χ1) is 15.0. The molecule has 0 unspecified atom stereocenters. The molecule has 1 heterocycles. The van der Waals surface area contributed by atoms with Gasteiger partial charge in [0.2, 0.25) is 0 Å². The normalized spacial score (nSPS) is 10.5. The summed E-state index contributed by atoms with van der Waals surface area (Å²) >= 11 is 0. The lowest BCUT2D eigenvalue weighted by Crippen LogP contribution is -2.25. The predicted octanol–water partition coefficient (Wildman–Crippen LogP) is 4.02. The van der Waals surface area contributed by atoms with E-state index in [0.717, 1.165) is 5.56 Å². The fourth-order valence-corrected chi connectivity index (χ4v) is 3.16. The third kappa shape index (κ3) is 4.11. The van der Waals surface area contributed by atoms with Gasteiger partial charge in [0.15, 0.2) is 0 Å². The van der Waals surface area contributed by atoms with E-state index in [9.17, 15) is 14.4 Å². The van der Waals surface area contributed by atoms with E-state index in [-0.39, 0.29) is 16.9 Å². The molecule has 1 aromatic heterocycles. The molecule has 0 fully saturated rings. The third-order valence-electron chi connectivity index (χ3n) is 4.61. The zero-order chi connectivity index (χ0) is 21.8. The number of hydrogen-bond acceptors (Lipinski definition) is 5. The van der Waals surface area contributed by atoms with Crippen molar-refractivity contribution in [3.8, 4) is 28.1 Å². The number of hydrogen-bond donors (Lipinski definition) is 2. The second-order valence-electron chi connectivity index (χ2n) is 6.60. The van der Waals surface area contributed by atoms with Gasteiger partial charge in [0, 0.05) is 11.1 Å². The van der Waals surface area contributed by atoms with Crippen molar-refractivity contribution < 1.29 is 19.4 Å². The number of esters is 1. The molecule has 0 radical (unpaired) electrons. The van der Waals surface area contributed by atoms with Gasteiger partial charge in [-0.25, -0.2) is 14.7 Å². The van der Waals surface area contributed by atoms with Gasteiger partial charge in [-0.15, -0.1) is 0 Å². The van der Waals surface area contributed by atoms with Gasteiger partial charge >= 0.3 is 11.9 Å². The number of ether oxygens (including phenoxy) is 1. The van der Waals surface area contributed by atoms with Crippen LogP contribution in [0.5, 0.6) is 5.75 Å². The summed E-state index contributed by atoms with van der Waals surface area (Å²) in [6, 6.07) is 23.5. The van der Waals surface area contributed by atoms with Crippen molar-refractivity contribution in [2.24, 2.45) is 0 Å². The van der Waals surface area contributed by atoms with Gasteiger partial charge in [-0.1, -0.05) is 60.7 Å². The van der Waals surface area contributed by atoms with Crippen LogP contribution in [-0.2, 0) is 0 Å². The molecule has 0 aliphatic carbocycles. The Balaban J connectivity index is 1.84. The van der Waals surface area contributed by atoms with Gasteiger partial charge in [0.25, 0.3) is 5.56 Å². The predicted molar refractivity (Wildman–Crippen MR) is 114 cm³/mol. The maximum absolute atomic E-state index is 13.0. The number of aromatic carboxylic acids is 1. The summed E-state index contributed by atoms with van der Waals surface area (Å²) in [6.45, 7) is 0. The van der Waals surface area contributed by atoms with Crippen molar-refractivity contribution in [3.05, 3.63) is 106 Å². The molecule has 2 N–H and O–H groups in total. The minimum atomic E-state index is -1.10. The van der Waals surface area contributed by atoms with Gasteiger partial charge in [0.05, 0.1) is 11.3 Å². The Kier molecular flexibility index (Phi) is 5.40. The highest BCUT2D eigenvalue weighted by molar-refractivity contribution is 6.01. The highest BCUT2D eigenvalue weighted by Gasteiger charge is 2.24. The van der Waals surface area contributed by atoms with Crippen LogP contribution in [0.2, 0.25) is 0 Å². The maximum atomic E-state index is 13.0. The van der Waals surface area contributed by atoms with Crippen LogP contribution in [0.1, 0.15) is 20.7 Å². The number of aromatic nitrogens is 2. The molecule has 4 aromatic rings. The van der Waals surface area contributed by atoms with Gasteiger partial charge in [-0.05, 0) is 29.8 Å².